The predicted molar refractivity (Wildman–Crippen MR) is 113 cm³/mol. The summed E-state index contributed by atoms with van der Waals surface area (Å²) in [5.41, 5.74) is 4.64. The van der Waals surface area contributed by atoms with Gasteiger partial charge in [-0.15, -0.1) is 0 Å². The van der Waals surface area contributed by atoms with E-state index in [0.29, 0.717) is 5.92 Å². The number of aromatic nitrogens is 2. The molecule has 25 heavy (non-hydrogen) atoms. The minimum atomic E-state index is 0.536. The Morgan fingerprint density at radius 2 is 1.84 bits per heavy atom. The normalized spacial score (nSPS) is 11.4. The molecule has 0 radical (unpaired) electrons. The number of unbranched alkanes of at least 4 members (excludes halogenated alkanes) is 1. The van der Waals surface area contributed by atoms with Crippen LogP contribution >= 0.6 is 22.6 Å². The van der Waals surface area contributed by atoms with Gasteiger partial charge in [0.05, 0.1) is 7.11 Å². The third-order valence-corrected chi connectivity index (χ3v) is 5.47. The second-order valence-corrected chi connectivity index (χ2v) is 7.83. The standard InChI is InChI=1S/C21H25IN2O/c1-5-6-13-24-20-18(25-4)12-11-17(22)19(20)23-21(24)16-9-7-15(8-10-16)14(2)3/h7-12,14H,5-6,13H2,1-4H3. The van der Waals surface area contributed by atoms with Gasteiger partial charge in [0.2, 0.25) is 0 Å². The van der Waals surface area contributed by atoms with Gasteiger partial charge in [0, 0.05) is 15.7 Å². The number of rotatable bonds is 6. The third-order valence-electron chi connectivity index (χ3n) is 4.60. The monoisotopic (exact) mass is 448 g/mol. The van der Waals surface area contributed by atoms with E-state index in [0.717, 1.165) is 51.1 Å². The fourth-order valence-corrected chi connectivity index (χ4v) is 3.67. The molecule has 2 aromatic carbocycles. The van der Waals surface area contributed by atoms with Crippen molar-refractivity contribution in [2.75, 3.05) is 7.11 Å². The average Bonchev–Trinajstić information content (AvgIpc) is 3.01. The van der Waals surface area contributed by atoms with Crippen molar-refractivity contribution in [2.24, 2.45) is 0 Å². The van der Waals surface area contributed by atoms with E-state index >= 15 is 0 Å². The largest absolute Gasteiger partial charge is 0.494 e. The van der Waals surface area contributed by atoms with Crippen molar-refractivity contribution in [3.8, 4) is 17.1 Å². The van der Waals surface area contributed by atoms with E-state index in [1.54, 1.807) is 7.11 Å². The lowest BCUT2D eigenvalue weighted by Crippen LogP contribution is -2.02. The van der Waals surface area contributed by atoms with Crippen LogP contribution in [0.3, 0.4) is 0 Å². The third kappa shape index (κ3) is 3.54. The second-order valence-electron chi connectivity index (χ2n) is 6.66. The molecule has 3 nitrogen and oxygen atoms in total. The number of hydrogen-bond donors (Lipinski definition) is 0. The lowest BCUT2D eigenvalue weighted by atomic mass is 10.0. The van der Waals surface area contributed by atoms with Gasteiger partial charge in [-0.25, -0.2) is 4.98 Å². The van der Waals surface area contributed by atoms with Crippen LogP contribution in [0.1, 0.15) is 45.1 Å². The quantitative estimate of drug-likeness (QED) is 0.418. The fraction of sp³-hybridized carbons (Fsp3) is 0.381. The number of ether oxygens (including phenoxy) is 1. The molecule has 0 atom stereocenters. The molecule has 0 aliphatic carbocycles. The highest BCUT2D eigenvalue weighted by atomic mass is 127. The molecule has 3 rings (SSSR count). The molecule has 0 saturated heterocycles. The van der Waals surface area contributed by atoms with Crippen molar-refractivity contribution in [1.29, 1.82) is 0 Å². The number of fused-ring (bicyclic) bond motifs is 1. The summed E-state index contributed by atoms with van der Waals surface area (Å²) < 4.78 is 9.12. The van der Waals surface area contributed by atoms with Crippen molar-refractivity contribution < 1.29 is 4.74 Å². The second kappa shape index (κ2) is 7.77. The zero-order valence-electron chi connectivity index (χ0n) is 15.3. The van der Waals surface area contributed by atoms with Crippen molar-refractivity contribution in [3.63, 3.8) is 0 Å². The van der Waals surface area contributed by atoms with Gasteiger partial charge < -0.3 is 9.30 Å². The molecule has 1 heterocycles. The molecule has 4 heteroatoms. The molecule has 0 amide bonds. The van der Waals surface area contributed by atoms with Crippen molar-refractivity contribution in [1.82, 2.24) is 9.55 Å². The van der Waals surface area contributed by atoms with E-state index in [2.05, 4.69) is 78.3 Å². The molecule has 1 aromatic heterocycles. The number of imidazole rings is 1. The molecule has 0 aliphatic rings. The molecule has 0 aliphatic heterocycles. The Morgan fingerprint density at radius 3 is 2.44 bits per heavy atom. The van der Waals surface area contributed by atoms with Crippen LogP contribution in [0.4, 0.5) is 0 Å². The van der Waals surface area contributed by atoms with Crippen LogP contribution in [0.15, 0.2) is 36.4 Å². The predicted octanol–water partition coefficient (Wildman–Crippen LogP) is 6.24. The van der Waals surface area contributed by atoms with Gasteiger partial charge in [0.1, 0.15) is 22.6 Å². The number of nitrogens with zero attached hydrogens (tertiary/aromatic N) is 2. The maximum atomic E-state index is 5.64. The highest BCUT2D eigenvalue weighted by molar-refractivity contribution is 14.1. The molecule has 132 valence electrons. The SMILES string of the molecule is CCCCn1c(-c2ccc(C(C)C)cc2)nc2c(I)ccc(OC)c21. The highest BCUT2D eigenvalue weighted by Gasteiger charge is 2.18. The molecule has 0 unspecified atom stereocenters. The summed E-state index contributed by atoms with van der Waals surface area (Å²) in [5, 5.41) is 0. The van der Waals surface area contributed by atoms with Gasteiger partial charge in [0.25, 0.3) is 0 Å². The number of halogens is 1. The fourth-order valence-electron chi connectivity index (χ4n) is 3.11. The minimum absolute atomic E-state index is 0.536. The molecule has 0 spiro atoms. The average molecular weight is 448 g/mol. The van der Waals surface area contributed by atoms with Crippen LogP contribution in [-0.2, 0) is 6.54 Å². The summed E-state index contributed by atoms with van der Waals surface area (Å²) in [6.07, 6.45) is 2.27. The number of methoxy groups -OCH3 is 1. The highest BCUT2D eigenvalue weighted by Crippen LogP contribution is 2.34. The van der Waals surface area contributed by atoms with E-state index in [1.807, 2.05) is 6.07 Å². The van der Waals surface area contributed by atoms with Gasteiger partial charge >= 0.3 is 0 Å². The summed E-state index contributed by atoms with van der Waals surface area (Å²) in [6, 6.07) is 12.9. The Kier molecular flexibility index (Phi) is 5.67. The van der Waals surface area contributed by atoms with E-state index in [9.17, 15) is 0 Å². The molecule has 0 fully saturated rings. The first-order chi connectivity index (χ1) is 12.1. The Morgan fingerprint density at radius 1 is 1.12 bits per heavy atom. The zero-order chi connectivity index (χ0) is 18.0. The summed E-state index contributed by atoms with van der Waals surface area (Å²) in [4.78, 5) is 4.99. The zero-order valence-corrected chi connectivity index (χ0v) is 17.5. The van der Waals surface area contributed by atoms with Gasteiger partial charge in [-0.3, -0.25) is 0 Å². The topological polar surface area (TPSA) is 27.1 Å². The molecular weight excluding hydrogens is 423 g/mol. The van der Waals surface area contributed by atoms with E-state index in [-0.39, 0.29) is 0 Å². The van der Waals surface area contributed by atoms with Gasteiger partial charge in [-0.05, 0) is 52.6 Å². The first kappa shape index (κ1) is 18.2. The molecule has 3 aromatic rings. The lowest BCUT2D eigenvalue weighted by molar-refractivity contribution is 0.417. The van der Waals surface area contributed by atoms with Crippen LogP contribution in [0, 0.1) is 3.57 Å². The molecule has 0 N–H and O–H groups in total. The Balaban J connectivity index is 2.21. The van der Waals surface area contributed by atoms with Gasteiger partial charge in [-0.2, -0.15) is 0 Å². The maximum absolute atomic E-state index is 5.64. The number of benzene rings is 2. The summed E-state index contributed by atoms with van der Waals surface area (Å²) >= 11 is 2.36. The first-order valence-electron chi connectivity index (χ1n) is 8.89. The van der Waals surface area contributed by atoms with E-state index in [1.165, 1.54) is 5.56 Å². The van der Waals surface area contributed by atoms with Crippen LogP contribution in [0.2, 0.25) is 0 Å². The lowest BCUT2D eigenvalue weighted by Gasteiger charge is -2.12. The van der Waals surface area contributed by atoms with E-state index < -0.39 is 0 Å². The maximum Gasteiger partial charge on any atom is 0.144 e. The Labute approximate surface area is 163 Å². The first-order valence-corrected chi connectivity index (χ1v) is 9.97. The Hall–Kier alpha value is -1.56. The number of aryl methyl sites for hydroxylation is 1. The van der Waals surface area contributed by atoms with Crippen LogP contribution in [-0.4, -0.2) is 16.7 Å². The number of hydrogen-bond acceptors (Lipinski definition) is 2. The van der Waals surface area contributed by atoms with Crippen LogP contribution in [0.5, 0.6) is 5.75 Å². The van der Waals surface area contributed by atoms with Gasteiger partial charge in [-0.1, -0.05) is 51.5 Å². The molecule has 0 bridgehead atoms. The molecular formula is C21H25IN2O. The Bertz CT molecular complexity index is 866. The van der Waals surface area contributed by atoms with Crippen molar-refractivity contribution in [2.45, 2.75) is 46.1 Å². The summed E-state index contributed by atoms with van der Waals surface area (Å²) in [7, 11) is 1.73. The smallest absolute Gasteiger partial charge is 0.144 e. The van der Waals surface area contributed by atoms with E-state index in [4.69, 9.17) is 9.72 Å². The summed E-state index contributed by atoms with van der Waals surface area (Å²) in [5.74, 6) is 2.46. The minimum Gasteiger partial charge on any atom is -0.494 e. The van der Waals surface area contributed by atoms with Crippen molar-refractivity contribution >= 4 is 33.6 Å². The van der Waals surface area contributed by atoms with Gasteiger partial charge in [0.15, 0.2) is 0 Å². The van der Waals surface area contributed by atoms with Crippen molar-refractivity contribution in [3.05, 3.63) is 45.5 Å². The van der Waals surface area contributed by atoms with Crippen LogP contribution in [0.25, 0.3) is 22.4 Å². The van der Waals surface area contributed by atoms with Crippen LogP contribution < -0.4 is 4.74 Å². The summed E-state index contributed by atoms with van der Waals surface area (Å²) in [6.45, 7) is 7.61. The molecule has 0 saturated carbocycles.